The van der Waals surface area contributed by atoms with Gasteiger partial charge in [-0.25, -0.2) is 0 Å². The van der Waals surface area contributed by atoms with Crippen molar-refractivity contribution in [3.63, 3.8) is 0 Å². The molecule has 2 aromatic heterocycles. The minimum absolute atomic E-state index is 0.111. The molecule has 0 bridgehead atoms. The van der Waals surface area contributed by atoms with E-state index in [-0.39, 0.29) is 5.91 Å². The number of amides is 1. The molecule has 0 saturated carbocycles. The summed E-state index contributed by atoms with van der Waals surface area (Å²) in [7, 11) is 0. The lowest BCUT2D eigenvalue weighted by atomic mass is 10.2. The Morgan fingerprint density at radius 3 is 2.82 bits per heavy atom. The molecule has 0 fully saturated rings. The highest BCUT2D eigenvalue weighted by molar-refractivity contribution is 9.10. The maximum atomic E-state index is 12.1. The number of carbonyl (C=O) groups is 1. The average Bonchev–Trinajstić information content (AvgIpc) is 3.07. The predicted octanol–water partition coefficient (Wildman–Crippen LogP) is 4.03. The Balaban J connectivity index is 1.63. The maximum absolute atomic E-state index is 12.1. The van der Waals surface area contributed by atoms with Crippen molar-refractivity contribution in [2.24, 2.45) is 0 Å². The molecule has 22 heavy (non-hydrogen) atoms. The van der Waals surface area contributed by atoms with Gasteiger partial charge in [0, 0.05) is 28.3 Å². The lowest BCUT2D eigenvalue weighted by molar-refractivity contribution is 0.0951. The molecule has 3 rings (SSSR count). The van der Waals surface area contributed by atoms with Crippen LogP contribution in [0.1, 0.15) is 15.9 Å². The molecule has 0 radical (unpaired) electrons. The molecule has 1 aromatic carbocycles. The Morgan fingerprint density at radius 1 is 1.23 bits per heavy atom. The first kappa shape index (κ1) is 14.5. The van der Waals surface area contributed by atoms with Crippen LogP contribution >= 0.6 is 15.9 Å². The third-order valence-corrected chi connectivity index (χ3v) is 3.67. The van der Waals surface area contributed by atoms with Crippen LogP contribution in [0.3, 0.4) is 0 Å². The van der Waals surface area contributed by atoms with Crippen molar-refractivity contribution >= 4 is 21.8 Å². The van der Waals surface area contributed by atoms with Crippen LogP contribution in [0.2, 0.25) is 0 Å². The van der Waals surface area contributed by atoms with E-state index in [1.165, 1.54) is 0 Å². The quantitative estimate of drug-likeness (QED) is 0.767. The second kappa shape index (κ2) is 6.58. The number of benzene rings is 1. The number of halogens is 1. The fraction of sp³-hybridized carbons (Fsp3) is 0.0588. The summed E-state index contributed by atoms with van der Waals surface area (Å²) in [4.78, 5) is 16.4. The van der Waals surface area contributed by atoms with Crippen LogP contribution in [-0.2, 0) is 6.54 Å². The van der Waals surface area contributed by atoms with Gasteiger partial charge < -0.3 is 9.73 Å². The number of rotatable bonds is 4. The van der Waals surface area contributed by atoms with Crippen molar-refractivity contribution in [1.82, 2.24) is 10.3 Å². The largest absolute Gasteiger partial charge is 0.472 e. The summed E-state index contributed by atoms with van der Waals surface area (Å²) in [5, 5.41) is 2.88. The number of nitrogens with one attached hydrogen (secondary N) is 1. The van der Waals surface area contributed by atoms with E-state index in [1.54, 1.807) is 30.9 Å². The molecule has 0 unspecified atom stereocenters. The van der Waals surface area contributed by atoms with E-state index < -0.39 is 0 Å². The fourth-order valence-electron chi connectivity index (χ4n) is 2.02. The fourth-order valence-corrected chi connectivity index (χ4v) is 2.42. The van der Waals surface area contributed by atoms with E-state index in [4.69, 9.17) is 4.42 Å². The van der Waals surface area contributed by atoms with Crippen LogP contribution in [0.5, 0.6) is 0 Å². The van der Waals surface area contributed by atoms with Gasteiger partial charge in [-0.3, -0.25) is 9.78 Å². The zero-order valence-electron chi connectivity index (χ0n) is 11.6. The van der Waals surface area contributed by atoms with E-state index in [1.807, 2.05) is 30.3 Å². The van der Waals surface area contributed by atoms with Crippen LogP contribution in [0.15, 0.2) is 70.1 Å². The monoisotopic (exact) mass is 356 g/mol. The van der Waals surface area contributed by atoms with Crippen molar-refractivity contribution in [1.29, 1.82) is 0 Å². The minimum Gasteiger partial charge on any atom is -0.472 e. The first-order valence-corrected chi connectivity index (χ1v) is 7.53. The molecule has 110 valence electrons. The van der Waals surface area contributed by atoms with Gasteiger partial charge in [0.2, 0.25) is 0 Å². The van der Waals surface area contributed by atoms with Crippen molar-refractivity contribution in [3.05, 3.63) is 76.8 Å². The SMILES string of the molecule is O=C(NCc1ccc(-c2ccoc2)nc1)c1cccc(Br)c1. The highest BCUT2D eigenvalue weighted by atomic mass is 79.9. The van der Waals surface area contributed by atoms with E-state index >= 15 is 0 Å². The molecule has 1 N–H and O–H groups in total. The van der Waals surface area contributed by atoms with E-state index in [0.29, 0.717) is 12.1 Å². The zero-order chi connectivity index (χ0) is 15.4. The number of pyridine rings is 1. The summed E-state index contributed by atoms with van der Waals surface area (Å²) in [6.07, 6.45) is 5.02. The molecule has 0 aliphatic heterocycles. The minimum atomic E-state index is -0.111. The van der Waals surface area contributed by atoms with Crippen molar-refractivity contribution in [2.75, 3.05) is 0 Å². The summed E-state index contributed by atoms with van der Waals surface area (Å²) in [5.74, 6) is -0.111. The first-order chi connectivity index (χ1) is 10.7. The molecule has 3 aromatic rings. The van der Waals surface area contributed by atoms with Gasteiger partial charge in [-0.05, 0) is 35.9 Å². The van der Waals surface area contributed by atoms with Crippen LogP contribution in [0.25, 0.3) is 11.3 Å². The Kier molecular flexibility index (Phi) is 4.34. The van der Waals surface area contributed by atoms with E-state index in [9.17, 15) is 4.79 Å². The molecule has 1 amide bonds. The van der Waals surface area contributed by atoms with Crippen LogP contribution in [0, 0.1) is 0 Å². The maximum Gasteiger partial charge on any atom is 0.251 e. The summed E-state index contributed by atoms with van der Waals surface area (Å²) in [6, 6.07) is 13.0. The summed E-state index contributed by atoms with van der Waals surface area (Å²) >= 11 is 3.36. The number of carbonyl (C=O) groups excluding carboxylic acids is 1. The highest BCUT2D eigenvalue weighted by Crippen LogP contribution is 2.17. The van der Waals surface area contributed by atoms with Gasteiger partial charge in [0.1, 0.15) is 0 Å². The molecule has 4 nitrogen and oxygen atoms in total. The molecular formula is C17H13BrN2O2. The van der Waals surface area contributed by atoms with Gasteiger partial charge in [0.15, 0.2) is 0 Å². The molecule has 0 aliphatic carbocycles. The van der Waals surface area contributed by atoms with Gasteiger partial charge in [-0.15, -0.1) is 0 Å². The van der Waals surface area contributed by atoms with Gasteiger partial charge in [-0.2, -0.15) is 0 Å². The highest BCUT2D eigenvalue weighted by Gasteiger charge is 2.06. The third-order valence-electron chi connectivity index (χ3n) is 3.18. The topological polar surface area (TPSA) is 55.1 Å². The van der Waals surface area contributed by atoms with E-state index in [0.717, 1.165) is 21.3 Å². The standard InChI is InChI=1S/C17H13BrN2O2/c18-15-3-1-2-13(8-15)17(21)20-10-12-4-5-16(19-9-12)14-6-7-22-11-14/h1-9,11H,10H2,(H,20,21). The Hall–Kier alpha value is -2.40. The van der Waals surface area contributed by atoms with Crippen molar-refractivity contribution in [2.45, 2.75) is 6.54 Å². The number of nitrogens with zero attached hydrogens (tertiary/aromatic N) is 1. The molecule has 2 heterocycles. The normalized spacial score (nSPS) is 10.4. The van der Waals surface area contributed by atoms with Gasteiger partial charge in [0.25, 0.3) is 5.91 Å². The smallest absolute Gasteiger partial charge is 0.251 e. The van der Waals surface area contributed by atoms with Crippen LogP contribution in [-0.4, -0.2) is 10.9 Å². The molecule has 0 aliphatic rings. The average molecular weight is 357 g/mol. The second-order valence-electron chi connectivity index (χ2n) is 4.76. The Bertz CT molecular complexity index is 768. The summed E-state index contributed by atoms with van der Waals surface area (Å²) in [6.45, 7) is 0.435. The lowest BCUT2D eigenvalue weighted by Gasteiger charge is -2.06. The molecule has 0 saturated heterocycles. The van der Waals surface area contributed by atoms with Crippen molar-refractivity contribution < 1.29 is 9.21 Å². The Labute approximate surface area is 136 Å². The number of aromatic nitrogens is 1. The number of furan rings is 1. The molecule has 0 atom stereocenters. The summed E-state index contributed by atoms with van der Waals surface area (Å²) in [5.41, 5.74) is 3.34. The number of hydrogen-bond acceptors (Lipinski definition) is 3. The molecule has 0 spiro atoms. The van der Waals surface area contributed by atoms with Crippen molar-refractivity contribution in [3.8, 4) is 11.3 Å². The zero-order valence-corrected chi connectivity index (χ0v) is 13.2. The summed E-state index contributed by atoms with van der Waals surface area (Å²) < 4.78 is 5.92. The van der Waals surface area contributed by atoms with Gasteiger partial charge >= 0.3 is 0 Å². The van der Waals surface area contributed by atoms with Crippen LogP contribution in [0.4, 0.5) is 0 Å². The predicted molar refractivity (Wildman–Crippen MR) is 87.3 cm³/mol. The Morgan fingerprint density at radius 2 is 2.14 bits per heavy atom. The number of hydrogen-bond donors (Lipinski definition) is 1. The first-order valence-electron chi connectivity index (χ1n) is 6.73. The molecule has 5 heteroatoms. The van der Waals surface area contributed by atoms with E-state index in [2.05, 4.69) is 26.2 Å². The lowest BCUT2D eigenvalue weighted by Crippen LogP contribution is -2.22. The second-order valence-corrected chi connectivity index (χ2v) is 5.67. The third kappa shape index (κ3) is 3.43. The van der Waals surface area contributed by atoms with Gasteiger partial charge in [0.05, 0.1) is 18.2 Å². The van der Waals surface area contributed by atoms with Crippen LogP contribution < -0.4 is 5.32 Å². The molecular weight excluding hydrogens is 344 g/mol. The van der Waals surface area contributed by atoms with Gasteiger partial charge in [-0.1, -0.05) is 28.1 Å².